The van der Waals surface area contributed by atoms with Crippen LogP contribution in [0.3, 0.4) is 0 Å². The van der Waals surface area contributed by atoms with E-state index in [1.54, 1.807) is 6.20 Å². The molecule has 0 saturated heterocycles. The van der Waals surface area contributed by atoms with Crippen molar-refractivity contribution >= 4 is 21.6 Å². The topological polar surface area (TPSA) is 129 Å². The average molecular weight is 322 g/mol. The summed E-state index contributed by atoms with van der Waals surface area (Å²) < 4.78 is 37.8. The van der Waals surface area contributed by atoms with Crippen LogP contribution in [0.1, 0.15) is 11.1 Å². The van der Waals surface area contributed by atoms with E-state index < -0.39 is 15.8 Å². The molecule has 0 atom stereocenters. The molecule has 22 heavy (non-hydrogen) atoms. The number of anilines is 1. The first-order valence-corrected chi connectivity index (χ1v) is 7.64. The van der Waals surface area contributed by atoms with Gasteiger partial charge in [0.25, 0.3) is 0 Å². The summed E-state index contributed by atoms with van der Waals surface area (Å²) >= 11 is 0. The van der Waals surface area contributed by atoms with Crippen LogP contribution in [-0.2, 0) is 16.4 Å². The first-order chi connectivity index (χ1) is 10.3. The molecule has 4 N–H and O–H groups in total. The van der Waals surface area contributed by atoms with Gasteiger partial charge in [-0.15, -0.1) is 5.10 Å². The van der Waals surface area contributed by atoms with Crippen molar-refractivity contribution < 1.29 is 12.8 Å². The van der Waals surface area contributed by atoms with Crippen molar-refractivity contribution in [1.29, 1.82) is 0 Å². The second-order valence-corrected chi connectivity index (χ2v) is 6.25. The predicted octanol–water partition coefficient (Wildman–Crippen LogP) is 0.0838. The SMILES string of the molecule is Nc1nc2c(F)cc(Cc3cncc(S(N)(=O)=O)c3)cn2n1. The third-order valence-corrected chi connectivity index (χ3v) is 3.85. The van der Waals surface area contributed by atoms with E-state index in [1.165, 1.54) is 22.8 Å². The summed E-state index contributed by atoms with van der Waals surface area (Å²) in [6, 6.07) is 2.67. The van der Waals surface area contributed by atoms with Gasteiger partial charge in [0, 0.05) is 25.0 Å². The molecule has 0 aliphatic rings. The molecule has 0 fully saturated rings. The first-order valence-electron chi connectivity index (χ1n) is 6.10. The Hall–Kier alpha value is -2.59. The van der Waals surface area contributed by atoms with Crippen molar-refractivity contribution in [2.75, 3.05) is 5.73 Å². The van der Waals surface area contributed by atoms with Crippen LogP contribution in [0.5, 0.6) is 0 Å². The van der Waals surface area contributed by atoms with Crippen molar-refractivity contribution in [3.05, 3.63) is 47.7 Å². The van der Waals surface area contributed by atoms with Crippen molar-refractivity contribution in [2.45, 2.75) is 11.3 Å². The van der Waals surface area contributed by atoms with Gasteiger partial charge >= 0.3 is 0 Å². The van der Waals surface area contributed by atoms with Crippen LogP contribution in [0.15, 0.2) is 35.6 Å². The van der Waals surface area contributed by atoms with E-state index >= 15 is 0 Å². The molecule has 3 rings (SSSR count). The molecule has 0 saturated carbocycles. The minimum Gasteiger partial charge on any atom is -0.366 e. The maximum atomic E-state index is 13.9. The molecule has 0 radical (unpaired) electrons. The molecule has 8 nitrogen and oxygen atoms in total. The Morgan fingerprint density at radius 1 is 1.23 bits per heavy atom. The summed E-state index contributed by atoms with van der Waals surface area (Å²) in [6.07, 6.45) is 4.45. The molecule has 0 spiro atoms. The largest absolute Gasteiger partial charge is 0.366 e. The molecule has 114 valence electrons. The van der Waals surface area contributed by atoms with E-state index in [-0.39, 0.29) is 22.9 Å². The van der Waals surface area contributed by atoms with E-state index in [0.717, 1.165) is 6.20 Å². The number of halogens is 1. The highest BCUT2D eigenvalue weighted by molar-refractivity contribution is 7.89. The molecule has 0 aromatic carbocycles. The molecule has 3 aromatic heterocycles. The van der Waals surface area contributed by atoms with E-state index in [0.29, 0.717) is 11.1 Å². The smallest absolute Gasteiger partial charge is 0.240 e. The number of nitrogens with two attached hydrogens (primary N) is 2. The van der Waals surface area contributed by atoms with Crippen molar-refractivity contribution in [3.63, 3.8) is 0 Å². The fraction of sp³-hybridized carbons (Fsp3) is 0.0833. The number of hydrogen-bond acceptors (Lipinski definition) is 6. The molecule has 0 unspecified atom stereocenters. The van der Waals surface area contributed by atoms with E-state index in [1.807, 2.05) is 0 Å². The third kappa shape index (κ3) is 2.73. The van der Waals surface area contributed by atoms with E-state index in [2.05, 4.69) is 15.1 Å². The summed E-state index contributed by atoms with van der Waals surface area (Å²) in [7, 11) is -3.84. The van der Waals surface area contributed by atoms with Crippen LogP contribution in [-0.4, -0.2) is 28.0 Å². The highest BCUT2D eigenvalue weighted by atomic mass is 32.2. The number of rotatable bonds is 3. The van der Waals surface area contributed by atoms with Crippen LogP contribution in [0.2, 0.25) is 0 Å². The Morgan fingerprint density at radius 2 is 2.00 bits per heavy atom. The summed E-state index contributed by atoms with van der Waals surface area (Å²) in [5.41, 5.74) is 6.58. The van der Waals surface area contributed by atoms with Crippen LogP contribution in [0.4, 0.5) is 10.3 Å². The highest BCUT2D eigenvalue weighted by Crippen LogP contribution is 2.16. The number of aromatic nitrogens is 4. The van der Waals surface area contributed by atoms with Crippen LogP contribution < -0.4 is 10.9 Å². The summed E-state index contributed by atoms with van der Waals surface area (Å²) in [5.74, 6) is -0.605. The van der Waals surface area contributed by atoms with Gasteiger partial charge in [0.2, 0.25) is 16.0 Å². The number of primary sulfonamides is 1. The number of nitrogens with zero attached hydrogens (tertiary/aromatic N) is 4. The summed E-state index contributed by atoms with van der Waals surface area (Å²) in [6.45, 7) is 0. The molecule has 0 aliphatic heterocycles. The number of sulfonamides is 1. The van der Waals surface area contributed by atoms with Gasteiger partial charge in [-0.3, -0.25) is 4.98 Å². The third-order valence-electron chi connectivity index (χ3n) is 2.97. The van der Waals surface area contributed by atoms with Crippen molar-refractivity contribution in [2.24, 2.45) is 5.14 Å². The number of hydrogen-bond donors (Lipinski definition) is 2. The normalized spacial score (nSPS) is 11.9. The quantitative estimate of drug-likeness (QED) is 0.702. The monoisotopic (exact) mass is 322 g/mol. The van der Waals surface area contributed by atoms with Crippen molar-refractivity contribution in [1.82, 2.24) is 19.6 Å². The minimum atomic E-state index is -3.84. The van der Waals surface area contributed by atoms with Crippen LogP contribution in [0, 0.1) is 5.82 Å². The molecule has 0 bridgehead atoms. The van der Waals surface area contributed by atoms with Gasteiger partial charge in [-0.25, -0.2) is 22.5 Å². The fourth-order valence-electron chi connectivity index (χ4n) is 2.06. The highest BCUT2D eigenvalue weighted by Gasteiger charge is 2.12. The fourth-order valence-corrected chi connectivity index (χ4v) is 2.59. The van der Waals surface area contributed by atoms with E-state index in [9.17, 15) is 12.8 Å². The Balaban J connectivity index is 2.00. The molecular weight excluding hydrogens is 311 g/mol. The molecule has 3 heterocycles. The molecular formula is C12H11FN6O2S. The van der Waals surface area contributed by atoms with Gasteiger partial charge in [0.1, 0.15) is 4.90 Å². The number of pyridine rings is 2. The van der Waals surface area contributed by atoms with E-state index in [4.69, 9.17) is 10.9 Å². The number of fused-ring (bicyclic) bond motifs is 1. The van der Waals surface area contributed by atoms with Gasteiger partial charge in [-0.1, -0.05) is 0 Å². The number of nitrogen functional groups attached to an aromatic ring is 1. The average Bonchev–Trinajstić information content (AvgIpc) is 2.79. The molecule has 3 aromatic rings. The van der Waals surface area contributed by atoms with Gasteiger partial charge in [-0.05, 0) is 23.3 Å². The van der Waals surface area contributed by atoms with Crippen LogP contribution >= 0.6 is 0 Å². The maximum Gasteiger partial charge on any atom is 0.240 e. The predicted molar refractivity (Wildman–Crippen MR) is 75.8 cm³/mol. The Labute approximate surface area is 124 Å². The van der Waals surface area contributed by atoms with Gasteiger partial charge in [0.05, 0.1) is 0 Å². The lowest BCUT2D eigenvalue weighted by Crippen LogP contribution is -2.12. The maximum absolute atomic E-state index is 13.9. The zero-order valence-corrected chi connectivity index (χ0v) is 12.0. The molecule has 10 heteroatoms. The van der Waals surface area contributed by atoms with Crippen molar-refractivity contribution in [3.8, 4) is 0 Å². The summed E-state index contributed by atoms with van der Waals surface area (Å²) in [4.78, 5) is 7.48. The second-order valence-electron chi connectivity index (χ2n) is 4.69. The lowest BCUT2D eigenvalue weighted by Gasteiger charge is -2.05. The zero-order chi connectivity index (χ0) is 15.9. The lowest BCUT2D eigenvalue weighted by molar-refractivity contribution is 0.597. The zero-order valence-electron chi connectivity index (χ0n) is 11.1. The summed E-state index contributed by atoms with van der Waals surface area (Å²) in [5, 5.41) is 8.90. The molecule has 0 amide bonds. The lowest BCUT2D eigenvalue weighted by atomic mass is 10.1. The first kappa shape index (κ1) is 14.4. The van der Waals surface area contributed by atoms with Gasteiger partial charge in [-0.2, -0.15) is 4.98 Å². The van der Waals surface area contributed by atoms with Gasteiger partial charge in [0.15, 0.2) is 11.5 Å². The Bertz CT molecular complexity index is 969. The second kappa shape index (κ2) is 5.00. The minimum absolute atomic E-state index is 0.0256. The molecule has 0 aliphatic carbocycles. The Kier molecular flexibility index (Phi) is 3.26. The van der Waals surface area contributed by atoms with Gasteiger partial charge < -0.3 is 5.73 Å². The standard InChI is InChI=1S/C12H11FN6O2S/c13-10-3-8(6-19-11(10)17-12(14)18-19)1-7-2-9(5-16-4-7)22(15,20)21/h2-6H,1H2,(H2,14,18)(H2,15,20,21). The Morgan fingerprint density at radius 3 is 2.73 bits per heavy atom. The van der Waals surface area contributed by atoms with Crippen LogP contribution in [0.25, 0.3) is 5.65 Å².